The molecule has 200 valence electrons. The maximum Gasteiger partial charge on any atom is 0.349 e. The van der Waals surface area contributed by atoms with Crippen molar-refractivity contribution in [2.45, 2.75) is 30.7 Å². The number of aromatic nitrogens is 3. The van der Waals surface area contributed by atoms with Gasteiger partial charge in [-0.1, -0.05) is 29.3 Å². The Labute approximate surface area is 230 Å². The second-order valence-electron chi connectivity index (χ2n) is 9.96. The van der Waals surface area contributed by atoms with E-state index >= 15 is 8.78 Å². The molecule has 3 aliphatic heterocycles. The van der Waals surface area contributed by atoms with E-state index in [0.29, 0.717) is 24.5 Å². The van der Waals surface area contributed by atoms with E-state index in [-0.39, 0.29) is 40.3 Å². The van der Waals surface area contributed by atoms with Crippen molar-refractivity contribution in [3.63, 3.8) is 0 Å². The molecule has 14 heteroatoms. The summed E-state index contributed by atoms with van der Waals surface area (Å²) >= 11 is 13.0. The van der Waals surface area contributed by atoms with Crippen molar-refractivity contribution >= 4 is 46.4 Å². The molecule has 1 aromatic carbocycles. The van der Waals surface area contributed by atoms with Crippen LogP contribution in [0.15, 0.2) is 34.3 Å². The number of halogens is 4. The zero-order valence-corrected chi connectivity index (χ0v) is 22.2. The molecule has 2 atom stereocenters. The number of rotatable bonds is 5. The molecular weight excluding hydrogens is 561 g/mol. The summed E-state index contributed by atoms with van der Waals surface area (Å²) in [6.07, 6.45) is 3.21. The fourth-order valence-electron chi connectivity index (χ4n) is 5.56. The smallest absolute Gasteiger partial charge is 0.349 e. The molecule has 3 saturated heterocycles. The topological polar surface area (TPSA) is 104 Å². The average molecular weight is 583 g/mol. The summed E-state index contributed by atoms with van der Waals surface area (Å²) in [5.74, 6) is -5.21. The van der Waals surface area contributed by atoms with Crippen molar-refractivity contribution in [3.05, 3.63) is 62.2 Å². The molecule has 2 amide bonds. The molecule has 0 saturated carbocycles. The van der Waals surface area contributed by atoms with Crippen LogP contribution in [0.5, 0.6) is 0 Å². The molecule has 2 unspecified atom stereocenters. The molecule has 2 aromatic heterocycles. The zero-order chi connectivity index (χ0) is 26.7. The van der Waals surface area contributed by atoms with Gasteiger partial charge in [0.1, 0.15) is 4.88 Å². The van der Waals surface area contributed by atoms with Crippen molar-refractivity contribution < 1.29 is 22.8 Å². The monoisotopic (exact) mass is 582 g/mol. The molecule has 3 fully saturated rings. The van der Waals surface area contributed by atoms with Gasteiger partial charge in [-0.15, -0.1) is 21.5 Å². The maximum atomic E-state index is 15.3. The van der Waals surface area contributed by atoms with Gasteiger partial charge in [0.05, 0.1) is 33.7 Å². The Morgan fingerprint density at radius 1 is 1.16 bits per heavy atom. The summed E-state index contributed by atoms with van der Waals surface area (Å²) in [7, 11) is 0. The number of hydrogen-bond donors (Lipinski definition) is 1. The highest BCUT2D eigenvalue weighted by Gasteiger charge is 2.59. The van der Waals surface area contributed by atoms with Crippen LogP contribution in [0.2, 0.25) is 10.0 Å². The van der Waals surface area contributed by atoms with Gasteiger partial charge in [0, 0.05) is 37.2 Å². The predicted octanol–water partition coefficient (Wildman–Crippen LogP) is 3.79. The van der Waals surface area contributed by atoms with Gasteiger partial charge < -0.3 is 19.5 Å². The standard InChI is InChI=1S/C24H22Cl2F2N6O3S/c25-15-4-3-13(6-16(15)26)24(27,28)22-32-31-19(37-22)14-8-33(21(36)18-7-29-12-38-18)9-23(14)10-34(11-23)20(35)17-2-1-5-30-17/h3-4,6-7,12,14,17,30H,1-2,5,8-11H2. The number of alkyl halides is 2. The van der Waals surface area contributed by atoms with E-state index in [2.05, 4.69) is 20.5 Å². The van der Waals surface area contributed by atoms with Crippen LogP contribution in [0.4, 0.5) is 8.78 Å². The number of carbonyl (C=O) groups excluding carboxylic acids is 2. The molecule has 9 nitrogen and oxygen atoms in total. The third-order valence-electron chi connectivity index (χ3n) is 7.55. The predicted molar refractivity (Wildman–Crippen MR) is 135 cm³/mol. The van der Waals surface area contributed by atoms with Crippen molar-refractivity contribution in [1.29, 1.82) is 0 Å². The number of nitrogens with one attached hydrogen (secondary N) is 1. The number of benzene rings is 1. The van der Waals surface area contributed by atoms with Crippen LogP contribution in [-0.4, -0.2) is 75.6 Å². The lowest BCUT2D eigenvalue weighted by Crippen LogP contribution is -2.64. The first-order valence-corrected chi connectivity index (χ1v) is 13.7. The minimum Gasteiger partial charge on any atom is -0.419 e. The molecule has 1 N–H and O–H groups in total. The van der Waals surface area contributed by atoms with Crippen molar-refractivity contribution in [2.24, 2.45) is 5.41 Å². The largest absolute Gasteiger partial charge is 0.419 e. The Morgan fingerprint density at radius 3 is 2.63 bits per heavy atom. The second-order valence-corrected chi connectivity index (χ2v) is 11.7. The Kier molecular flexibility index (Phi) is 6.41. The molecule has 38 heavy (non-hydrogen) atoms. The quantitative estimate of drug-likeness (QED) is 0.488. The summed E-state index contributed by atoms with van der Waals surface area (Å²) in [6, 6.07) is 3.27. The van der Waals surface area contributed by atoms with Gasteiger partial charge in [0.15, 0.2) is 0 Å². The van der Waals surface area contributed by atoms with Gasteiger partial charge >= 0.3 is 5.92 Å². The summed E-state index contributed by atoms with van der Waals surface area (Å²) in [5, 5.41) is 11.0. The van der Waals surface area contributed by atoms with E-state index in [0.717, 1.165) is 31.5 Å². The number of amides is 2. The molecule has 0 bridgehead atoms. The van der Waals surface area contributed by atoms with Crippen LogP contribution < -0.4 is 5.32 Å². The summed E-state index contributed by atoms with van der Waals surface area (Å²) < 4.78 is 36.2. The highest BCUT2D eigenvalue weighted by atomic mass is 35.5. The number of likely N-dealkylation sites (tertiary alicyclic amines) is 2. The van der Waals surface area contributed by atoms with Gasteiger partial charge in [-0.3, -0.25) is 14.6 Å². The van der Waals surface area contributed by atoms with Crippen molar-refractivity contribution in [2.75, 3.05) is 32.7 Å². The SMILES string of the molecule is O=C(c1cncs1)N1CC(c2nnc(C(F)(F)c3ccc(Cl)c(Cl)c3)o2)C2(C1)CN(C(=O)C1CCCN1)C2. The minimum absolute atomic E-state index is 0.00503. The van der Waals surface area contributed by atoms with Crippen LogP contribution in [0.3, 0.4) is 0 Å². The zero-order valence-electron chi connectivity index (χ0n) is 19.9. The Bertz CT molecular complexity index is 1380. The van der Waals surface area contributed by atoms with E-state index in [9.17, 15) is 9.59 Å². The average Bonchev–Trinajstić information content (AvgIpc) is 3.68. The lowest BCUT2D eigenvalue weighted by molar-refractivity contribution is -0.145. The van der Waals surface area contributed by atoms with Crippen molar-refractivity contribution in [3.8, 4) is 0 Å². The Hall–Kier alpha value is -2.67. The maximum absolute atomic E-state index is 15.3. The molecule has 5 heterocycles. The second kappa shape index (κ2) is 9.51. The highest BCUT2D eigenvalue weighted by Crippen LogP contribution is 2.50. The van der Waals surface area contributed by atoms with Crippen LogP contribution in [0.1, 0.15) is 45.8 Å². The molecule has 3 aromatic rings. The van der Waals surface area contributed by atoms with Crippen molar-refractivity contribution in [1.82, 2.24) is 30.3 Å². The lowest BCUT2D eigenvalue weighted by atomic mass is 9.71. The van der Waals surface area contributed by atoms with Gasteiger partial charge in [0.2, 0.25) is 11.8 Å². The summed E-state index contributed by atoms with van der Waals surface area (Å²) in [4.78, 5) is 34.0. The van der Waals surface area contributed by atoms with Gasteiger partial charge in [-0.2, -0.15) is 8.78 Å². The van der Waals surface area contributed by atoms with E-state index in [4.69, 9.17) is 27.6 Å². The highest BCUT2D eigenvalue weighted by molar-refractivity contribution is 7.11. The third-order valence-corrected chi connectivity index (χ3v) is 9.05. The fraction of sp³-hybridized carbons (Fsp3) is 0.458. The molecular formula is C24H22Cl2F2N6O3S. The van der Waals surface area contributed by atoms with Crippen LogP contribution in [0, 0.1) is 5.41 Å². The normalized spacial score (nSPS) is 22.7. The first-order valence-electron chi connectivity index (χ1n) is 12.1. The first-order chi connectivity index (χ1) is 18.2. The van der Waals surface area contributed by atoms with E-state index < -0.39 is 28.7 Å². The molecule has 3 aliphatic rings. The number of thiazole rings is 1. The molecule has 6 rings (SSSR count). The molecule has 0 radical (unpaired) electrons. The van der Waals surface area contributed by atoms with Gasteiger partial charge in [-0.25, -0.2) is 0 Å². The lowest BCUT2D eigenvalue weighted by Gasteiger charge is -2.50. The third kappa shape index (κ3) is 4.27. The Balaban J connectivity index is 1.28. The molecule has 0 aliphatic carbocycles. The first kappa shape index (κ1) is 25.6. The number of carbonyl (C=O) groups is 2. The van der Waals surface area contributed by atoms with E-state index in [1.165, 1.54) is 23.6 Å². The Morgan fingerprint density at radius 2 is 1.95 bits per heavy atom. The van der Waals surface area contributed by atoms with Crippen LogP contribution >= 0.6 is 34.5 Å². The summed E-state index contributed by atoms with van der Waals surface area (Å²) in [6.45, 7) is 2.05. The van der Waals surface area contributed by atoms with Crippen LogP contribution in [-0.2, 0) is 10.7 Å². The summed E-state index contributed by atoms with van der Waals surface area (Å²) in [5.41, 5.74) is 0.552. The van der Waals surface area contributed by atoms with Gasteiger partial charge in [0.25, 0.3) is 11.8 Å². The van der Waals surface area contributed by atoms with E-state index in [1.54, 1.807) is 15.3 Å². The van der Waals surface area contributed by atoms with Crippen LogP contribution in [0.25, 0.3) is 0 Å². The van der Waals surface area contributed by atoms with E-state index in [1.807, 2.05) is 0 Å². The van der Waals surface area contributed by atoms with Gasteiger partial charge in [-0.05, 0) is 31.5 Å². The fourth-order valence-corrected chi connectivity index (χ4v) is 6.45. The molecule has 1 spiro atoms. The minimum atomic E-state index is -3.61. The number of nitrogens with zero attached hydrogens (tertiary/aromatic N) is 5. The number of hydrogen-bond acceptors (Lipinski definition) is 8.